The Kier molecular flexibility index (Phi) is 4.23. The number of nitrogens with one attached hydrogen (secondary N) is 1. The van der Waals surface area contributed by atoms with Crippen molar-refractivity contribution in [2.45, 2.75) is 26.7 Å². The van der Waals surface area contributed by atoms with Crippen LogP contribution in [-0.4, -0.2) is 28.9 Å². The van der Waals surface area contributed by atoms with Crippen LogP contribution in [0.15, 0.2) is 18.2 Å². The van der Waals surface area contributed by atoms with Gasteiger partial charge in [-0.15, -0.1) is 0 Å². The molecular formula is C17H21N3O3. The topological polar surface area (TPSA) is 65.4 Å². The first-order valence-corrected chi connectivity index (χ1v) is 7.73. The zero-order valence-electron chi connectivity index (χ0n) is 13.7. The highest BCUT2D eigenvalue weighted by molar-refractivity contribution is 5.91. The van der Waals surface area contributed by atoms with Gasteiger partial charge >= 0.3 is 0 Å². The number of nitrogens with zero attached hydrogens (tertiary/aromatic N) is 2. The van der Waals surface area contributed by atoms with E-state index in [1.165, 1.54) is 0 Å². The molecule has 0 radical (unpaired) electrons. The summed E-state index contributed by atoms with van der Waals surface area (Å²) >= 11 is 0. The number of amides is 1. The number of carbonyl (C=O) groups excluding carboxylic acids is 1. The van der Waals surface area contributed by atoms with Crippen LogP contribution in [0.5, 0.6) is 11.5 Å². The molecule has 6 nitrogen and oxygen atoms in total. The fraction of sp³-hybridized carbons (Fsp3) is 0.412. The van der Waals surface area contributed by atoms with E-state index in [2.05, 4.69) is 10.4 Å². The molecule has 23 heavy (non-hydrogen) atoms. The van der Waals surface area contributed by atoms with Gasteiger partial charge in [0.2, 0.25) is 5.91 Å². The summed E-state index contributed by atoms with van der Waals surface area (Å²) in [6.07, 6.45) is 1.10. The van der Waals surface area contributed by atoms with Crippen molar-refractivity contribution < 1.29 is 14.3 Å². The molecule has 1 amide bonds. The van der Waals surface area contributed by atoms with Gasteiger partial charge in [0, 0.05) is 30.9 Å². The standard InChI is InChI=1S/C17H21N3O3/c1-11-14(12(2)20(3)19-11)5-7-17(21)18-13-4-6-15-16(10-13)23-9-8-22-15/h4,6,10H,5,7-9H2,1-3H3,(H,18,21). The number of rotatable bonds is 4. The van der Waals surface area contributed by atoms with E-state index in [1.54, 1.807) is 6.07 Å². The average molecular weight is 315 g/mol. The van der Waals surface area contributed by atoms with Crippen molar-refractivity contribution in [2.24, 2.45) is 7.05 Å². The number of aryl methyl sites for hydroxylation is 2. The Bertz CT molecular complexity index is 737. The largest absolute Gasteiger partial charge is 0.486 e. The molecule has 0 saturated heterocycles. The van der Waals surface area contributed by atoms with Crippen LogP contribution in [-0.2, 0) is 18.3 Å². The monoisotopic (exact) mass is 315 g/mol. The molecule has 122 valence electrons. The smallest absolute Gasteiger partial charge is 0.224 e. The Morgan fingerprint density at radius 3 is 2.70 bits per heavy atom. The molecule has 1 aromatic carbocycles. The maximum atomic E-state index is 12.2. The van der Waals surface area contributed by atoms with E-state index in [-0.39, 0.29) is 5.91 Å². The van der Waals surface area contributed by atoms with Gasteiger partial charge in [0.15, 0.2) is 11.5 Å². The minimum atomic E-state index is -0.0238. The van der Waals surface area contributed by atoms with Gasteiger partial charge in [0.05, 0.1) is 5.69 Å². The molecule has 0 atom stereocenters. The number of benzene rings is 1. The molecule has 0 bridgehead atoms. The van der Waals surface area contributed by atoms with Gasteiger partial charge < -0.3 is 14.8 Å². The zero-order valence-corrected chi connectivity index (χ0v) is 13.7. The van der Waals surface area contributed by atoms with Crippen LogP contribution in [0, 0.1) is 13.8 Å². The zero-order chi connectivity index (χ0) is 16.4. The van der Waals surface area contributed by atoms with Crippen molar-refractivity contribution in [3.8, 4) is 11.5 Å². The molecule has 1 aliphatic heterocycles. The SMILES string of the molecule is Cc1nn(C)c(C)c1CCC(=O)Nc1ccc2c(c1)OCCO2. The van der Waals surface area contributed by atoms with Gasteiger partial charge in [-0.2, -0.15) is 5.10 Å². The molecular weight excluding hydrogens is 294 g/mol. The van der Waals surface area contributed by atoms with Gasteiger partial charge in [0.1, 0.15) is 13.2 Å². The highest BCUT2D eigenvalue weighted by Crippen LogP contribution is 2.32. The number of aromatic nitrogens is 2. The first-order valence-electron chi connectivity index (χ1n) is 7.73. The molecule has 3 rings (SSSR count). The number of anilines is 1. The fourth-order valence-corrected chi connectivity index (χ4v) is 2.76. The van der Waals surface area contributed by atoms with Crippen LogP contribution >= 0.6 is 0 Å². The summed E-state index contributed by atoms with van der Waals surface area (Å²) in [7, 11) is 1.92. The lowest BCUT2D eigenvalue weighted by atomic mass is 10.1. The maximum Gasteiger partial charge on any atom is 0.224 e. The summed E-state index contributed by atoms with van der Waals surface area (Å²) in [5.74, 6) is 1.37. The maximum absolute atomic E-state index is 12.2. The van der Waals surface area contributed by atoms with E-state index >= 15 is 0 Å². The Labute approximate surface area is 135 Å². The van der Waals surface area contributed by atoms with Crippen molar-refractivity contribution in [1.82, 2.24) is 9.78 Å². The summed E-state index contributed by atoms with van der Waals surface area (Å²) < 4.78 is 12.8. The van der Waals surface area contributed by atoms with Gasteiger partial charge in [-0.3, -0.25) is 9.48 Å². The molecule has 0 spiro atoms. The molecule has 1 aromatic heterocycles. The number of hydrogen-bond acceptors (Lipinski definition) is 4. The number of hydrogen-bond donors (Lipinski definition) is 1. The molecule has 6 heteroatoms. The lowest BCUT2D eigenvalue weighted by Gasteiger charge is -2.19. The second kappa shape index (κ2) is 6.32. The Hall–Kier alpha value is -2.50. The first kappa shape index (κ1) is 15.4. The molecule has 2 aromatic rings. The van der Waals surface area contributed by atoms with Gasteiger partial charge in [-0.05, 0) is 38.0 Å². The minimum absolute atomic E-state index is 0.0238. The molecule has 0 aliphatic carbocycles. The normalized spacial score (nSPS) is 13.0. The van der Waals surface area contributed by atoms with Crippen LogP contribution in [0.1, 0.15) is 23.4 Å². The number of fused-ring (bicyclic) bond motifs is 1. The van der Waals surface area contributed by atoms with Crippen LogP contribution in [0.4, 0.5) is 5.69 Å². The summed E-state index contributed by atoms with van der Waals surface area (Å²) in [5.41, 5.74) is 3.95. The molecule has 0 unspecified atom stereocenters. The van der Waals surface area contributed by atoms with Gasteiger partial charge in [-0.1, -0.05) is 0 Å². The summed E-state index contributed by atoms with van der Waals surface area (Å²) in [6, 6.07) is 5.44. The quantitative estimate of drug-likeness (QED) is 0.941. The van der Waals surface area contributed by atoms with E-state index in [0.717, 1.165) is 28.4 Å². The number of ether oxygens (including phenoxy) is 2. The van der Waals surface area contributed by atoms with E-state index in [0.29, 0.717) is 31.8 Å². The lowest BCUT2D eigenvalue weighted by Crippen LogP contribution is -2.16. The van der Waals surface area contributed by atoms with E-state index in [4.69, 9.17) is 9.47 Å². The summed E-state index contributed by atoms with van der Waals surface area (Å²) in [4.78, 5) is 12.2. The van der Waals surface area contributed by atoms with Crippen molar-refractivity contribution in [3.05, 3.63) is 35.2 Å². The molecule has 2 heterocycles. The van der Waals surface area contributed by atoms with Crippen molar-refractivity contribution in [1.29, 1.82) is 0 Å². The van der Waals surface area contributed by atoms with E-state index in [1.807, 2.05) is 37.7 Å². The summed E-state index contributed by atoms with van der Waals surface area (Å²) in [6.45, 7) is 5.08. The van der Waals surface area contributed by atoms with E-state index < -0.39 is 0 Å². The lowest BCUT2D eigenvalue weighted by molar-refractivity contribution is -0.116. The van der Waals surface area contributed by atoms with Crippen LogP contribution in [0.25, 0.3) is 0 Å². The second-order valence-corrected chi connectivity index (χ2v) is 5.68. The summed E-state index contributed by atoms with van der Waals surface area (Å²) in [5, 5.41) is 7.28. The Morgan fingerprint density at radius 1 is 1.26 bits per heavy atom. The third kappa shape index (κ3) is 3.31. The Balaban J connectivity index is 1.61. The van der Waals surface area contributed by atoms with Gasteiger partial charge in [0.25, 0.3) is 0 Å². The molecule has 1 N–H and O–H groups in total. The fourth-order valence-electron chi connectivity index (χ4n) is 2.76. The van der Waals surface area contributed by atoms with Crippen molar-refractivity contribution >= 4 is 11.6 Å². The highest BCUT2D eigenvalue weighted by Gasteiger charge is 2.14. The molecule has 1 aliphatic rings. The minimum Gasteiger partial charge on any atom is -0.486 e. The van der Waals surface area contributed by atoms with Crippen molar-refractivity contribution in [2.75, 3.05) is 18.5 Å². The van der Waals surface area contributed by atoms with Crippen LogP contribution < -0.4 is 14.8 Å². The molecule has 0 fully saturated rings. The van der Waals surface area contributed by atoms with Crippen molar-refractivity contribution in [3.63, 3.8) is 0 Å². The van der Waals surface area contributed by atoms with Crippen LogP contribution in [0.3, 0.4) is 0 Å². The van der Waals surface area contributed by atoms with Gasteiger partial charge in [-0.25, -0.2) is 0 Å². The highest BCUT2D eigenvalue weighted by atomic mass is 16.6. The molecule has 0 saturated carbocycles. The second-order valence-electron chi connectivity index (χ2n) is 5.68. The van der Waals surface area contributed by atoms with E-state index in [9.17, 15) is 4.79 Å². The Morgan fingerprint density at radius 2 is 2.00 bits per heavy atom. The number of carbonyl (C=O) groups is 1. The average Bonchev–Trinajstić information content (AvgIpc) is 2.78. The van der Waals surface area contributed by atoms with Crippen LogP contribution in [0.2, 0.25) is 0 Å². The predicted molar refractivity (Wildman–Crippen MR) is 87.1 cm³/mol. The predicted octanol–water partition coefficient (Wildman–Crippen LogP) is 2.38. The third-order valence-corrected chi connectivity index (χ3v) is 4.09. The third-order valence-electron chi connectivity index (χ3n) is 4.09. The first-order chi connectivity index (χ1) is 11.0.